The van der Waals surface area contributed by atoms with Gasteiger partial charge in [-0.25, -0.2) is 4.98 Å². The van der Waals surface area contributed by atoms with Gasteiger partial charge in [0.05, 0.1) is 6.20 Å². The van der Waals surface area contributed by atoms with E-state index in [0.717, 1.165) is 23.6 Å². The van der Waals surface area contributed by atoms with Gasteiger partial charge in [-0.05, 0) is 12.5 Å². The summed E-state index contributed by atoms with van der Waals surface area (Å²) in [5.74, 6) is 0.928. The zero-order valence-electron chi connectivity index (χ0n) is 11.4. The fraction of sp³-hybridized carbons (Fsp3) is 0.200. The highest BCUT2D eigenvalue weighted by molar-refractivity contribution is 6.29. The van der Waals surface area contributed by atoms with Crippen molar-refractivity contribution in [2.75, 3.05) is 11.9 Å². The third-order valence-corrected chi connectivity index (χ3v) is 3.45. The van der Waals surface area contributed by atoms with Crippen molar-refractivity contribution in [2.45, 2.75) is 13.5 Å². The van der Waals surface area contributed by atoms with Gasteiger partial charge in [-0.15, -0.1) is 0 Å². The highest BCUT2D eigenvalue weighted by Crippen LogP contribution is 2.22. The molecule has 0 aliphatic heterocycles. The van der Waals surface area contributed by atoms with Gasteiger partial charge >= 0.3 is 0 Å². The van der Waals surface area contributed by atoms with E-state index in [1.807, 2.05) is 42.8 Å². The first-order valence-electron chi connectivity index (χ1n) is 6.41. The highest BCUT2D eigenvalue weighted by Gasteiger charge is 2.12. The first kappa shape index (κ1) is 12.9. The van der Waals surface area contributed by atoms with Crippen LogP contribution in [0.1, 0.15) is 11.1 Å². The van der Waals surface area contributed by atoms with E-state index in [2.05, 4.69) is 27.1 Å². The predicted molar refractivity (Wildman–Crippen MR) is 81.3 cm³/mol. The average Bonchev–Trinajstić information content (AvgIpc) is 2.81. The topological polar surface area (TPSA) is 33.4 Å². The van der Waals surface area contributed by atoms with Crippen LogP contribution in [0.4, 0.5) is 5.82 Å². The number of nitrogens with zero attached hydrogens (tertiary/aromatic N) is 4. The van der Waals surface area contributed by atoms with Gasteiger partial charge in [-0.3, -0.25) is 0 Å². The summed E-state index contributed by atoms with van der Waals surface area (Å²) in [6.07, 6.45) is 1.80. The summed E-state index contributed by atoms with van der Waals surface area (Å²) in [6, 6.07) is 12.1. The summed E-state index contributed by atoms with van der Waals surface area (Å²) in [7, 11) is 2.02. The minimum absolute atomic E-state index is 0.482. The number of hydrogen-bond acceptors (Lipinski definition) is 3. The van der Waals surface area contributed by atoms with Crippen LogP contribution in [0.3, 0.4) is 0 Å². The number of anilines is 1. The quantitative estimate of drug-likeness (QED) is 0.693. The molecule has 0 unspecified atom stereocenters. The molecular weight excluding hydrogens is 272 g/mol. The average molecular weight is 287 g/mol. The van der Waals surface area contributed by atoms with Crippen LogP contribution in [0.15, 0.2) is 42.6 Å². The van der Waals surface area contributed by atoms with E-state index in [1.165, 1.54) is 5.56 Å². The molecule has 0 spiro atoms. The molecule has 0 fully saturated rings. The standard InChI is InChI=1S/C15H15ClN4/c1-11-9-17-20-14(8-13(16)18-15(11)20)19(2)10-12-6-4-3-5-7-12/h3-9H,10H2,1-2H3. The maximum Gasteiger partial charge on any atom is 0.161 e. The van der Waals surface area contributed by atoms with Gasteiger partial charge in [0.2, 0.25) is 0 Å². The van der Waals surface area contributed by atoms with Gasteiger partial charge in [0.15, 0.2) is 5.65 Å². The molecule has 0 atom stereocenters. The molecule has 2 heterocycles. The van der Waals surface area contributed by atoms with Gasteiger partial charge in [-0.2, -0.15) is 9.61 Å². The summed E-state index contributed by atoms with van der Waals surface area (Å²) in [6.45, 7) is 2.77. The van der Waals surface area contributed by atoms with E-state index in [0.29, 0.717) is 5.15 Å². The van der Waals surface area contributed by atoms with E-state index in [-0.39, 0.29) is 0 Å². The molecule has 0 aliphatic carbocycles. The summed E-state index contributed by atoms with van der Waals surface area (Å²) in [5, 5.41) is 4.86. The molecule has 0 saturated carbocycles. The van der Waals surface area contributed by atoms with Crippen LogP contribution in [-0.4, -0.2) is 21.6 Å². The first-order chi connectivity index (χ1) is 9.65. The number of fused-ring (bicyclic) bond motifs is 1. The van der Waals surface area contributed by atoms with Gasteiger partial charge in [0.1, 0.15) is 11.0 Å². The lowest BCUT2D eigenvalue weighted by Gasteiger charge is -2.20. The molecule has 5 heteroatoms. The molecule has 0 radical (unpaired) electrons. The van der Waals surface area contributed by atoms with Crippen molar-refractivity contribution in [2.24, 2.45) is 0 Å². The van der Waals surface area contributed by atoms with Gasteiger partial charge in [0.25, 0.3) is 0 Å². The lowest BCUT2D eigenvalue weighted by Crippen LogP contribution is -2.20. The van der Waals surface area contributed by atoms with Crippen LogP contribution in [0.2, 0.25) is 5.15 Å². The molecule has 2 aromatic heterocycles. The molecule has 3 rings (SSSR count). The van der Waals surface area contributed by atoms with Gasteiger partial charge in [-0.1, -0.05) is 41.9 Å². The van der Waals surface area contributed by atoms with Crippen LogP contribution < -0.4 is 4.90 Å². The molecule has 0 bridgehead atoms. The largest absolute Gasteiger partial charge is 0.355 e. The zero-order valence-corrected chi connectivity index (χ0v) is 12.2. The summed E-state index contributed by atoms with van der Waals surface area (Å²) in [4.78, 5) is 6.44. The summed E-state index contributed by atoms with van der Waals surface area (Å²) < 4.78 is 1.82. The van der Waals surface area contributed by atoms with Crippen molar-refractivity contribution in [3.63, 3.8) is 0 Å². The normalized spacial score (nSPS) is 10.9. The zero-order chi connectivity index (χ0) is 14.1. The number of aryl methyl sites for hydroxylation is 1. The number of hydrogen-bond donors (Lipinski definition) is 0. The number of halogens is 1. The molecule has 0 amide bonds. The number of rotatable bonds is 3. The van der Waals surface area contributed by atoms with Crippen LogP contribution in [0.25, 0.3) is 5.65 Å². The van der Waals surface area contributed by atoms with E-state index in [1.54, 1.807) is 6.20 Å². The van der Waals surface area contributed by atoms with Gasteiger partial charge in [0, 0.05) is 25.2 Å². The lowest BCUT2D eigenvalue weighted by molar-refractivity contribution is 0.832. The minimum atomic E-state index is 0.482. The Morgan fingerprint density at radius 2 is 2.00 bits per heavy atom. The van der Waals surface area contributed by atoms with Crippen LogP contribution >= 0.6 is 11.6 Å². The third-order valence-electron chi connectivity index (χ3n) is 3.25. The maximum absolute atomic E-state index is 6.12. The summed E-state index contributed by atoms with van der Waals surface area (Å²) in [5.41, 5.74) is 3.05. The monoisotopic (exact) mass is 286 g/mol. The van der Waals surface area contributed by atoms with Crippen molar-refractivity contribution in [1.82, 2.24) is 14.6 Å². The molecule has 102 valence electrons. The molecule has 1 aromatic carbocycles. The maximum atomic E-state index is 6.12. The van der Waals surface area contributed by atoms with Crippen LogP contribution in [0, 0.1) is 6.92 Å². The van der Waals surface area contributed by atoms with E-state index >= 15 is 0 Å². The Morgan fingerprint density at radius 1 is 1.25 bits per heavy atom. The van der Waals surface area contributed by atoms with Crippen LogP contribution in [0.5, 0.6) is 0 Å². The highest BCUT2D eigenvalue weighted by atomic mass is 35.5. The van der Waals surface area contributed by atoms with Crippen molar-refractivity contribution in [3.05, 3.63) is 58.9 Å². The summed E-state index contributed by atoms with van der Waals surface area (Å²) >= 11 is 6.12. The Hall–Kier alpha value is -2.07. The Morgan fingerprint density at radius 3 is 2.75 bits per heavy atom. The van der Waals surface area contributed by atoms with E-state index in [4.69, 9.17) is 11.6 Å². The first-order valence-corrected chi connectivity index (χ1v) is 6.79. The Balaban J connectivity index is 2.01. The Bertz CT molecular complexity index is 736. The molecule has 0 saturated heterocycles. The molecule has 3 aromatic rings. The second kappa shape index (κ2) is 5.13. The second-order valence-corrected chi connectivity index (χ2v) is 5.23. The minimum Gasteiger partial charge on any atom is -0.355 e. The Kier molecular flexibility index (Phi) is 3.32. The predicted octanol–water partition coefficient (Wildman–Crippen LogP) is 3.33. The van der Waals surface area contributed by atoms with Crippen molar-refractivity contribution in [1.29, 1.82) is 0 Å². The van der Waals surface area contributed by atoms with Crippen LogP contribution in [-0.2, 0) is 6.54 Å². The number of aromatic nitrogens is 3. The molecular formula is C15H15ClN4. The SMILES string of the molecule is Cc1cnn2c(N(C)Cc3ccccc3)cc(Cl)nc12. The molecule has 4 nitrogen and oxygen atoms in total. The van der Waals surface area contributed by atoms with Gasteiger partial charge < -0.3 is 4.90 Å². The van der Waals surface area contributed by atoms with Crippen molar-refractivity contribution >= 4 is 23.1 Å². The van der Waals surface area contributed by atoms with E-state index < -0.39 is 0 Å². The molecule has 0 N–H and O–H groups in total. The van der Waals surface area contributed by atoms with E-state index in [9.17, 15) is 0 Å². The lowest BCUT2D eigenvalue weighted by atomic mass is 10.2. The second-order valence-electron chi connectivity index (χ2n) is 4.84. The number of benzene rings is 1. The molecule has 0 aliphatic rings. The fourth-order valence-electron chi connectivity index (χ4n) is 2.24. The Labute approximate surface area is 122 Å². The smallest absolute Gasteiger partial charge is 0.161 e. The third kappa shape index (κ3) is 2.34. The molecule has 20 heavy (non-hydrogen) atoms. The van der Waals surface area contributed by atoms with Crippen molar-refractivity contribution < 1.29 is 0 Å². The van der Waals surface area contributed by atoms with Crippen molar-refractivity contribution in [3.8, 4) is 0 Å². The fourth-order valence-corrected chi connectivity index (χ4v) is 2.42.